The van der Waals surface area contributed by atoms with Crippen molar-refractivity contribution >= 4 is 11.9 Å². The van der Waals surface area contributed by atoms with Crippen molar-refractivity contribution < 1.29 is 29.3 Å². The van der Waals surface area contributed by atoms with Crippen LogP contribution in [0.15, 0.2) is 18.2 Å². The van der Waals surface area contributed by atoms with Gasteiger partial charge in [-0.05, 0) is 45.4 Å². The number of amides is 1. The number of hydrogen-bond acceptors (Lipinski definition) is 5. The number of carboxylic acids is 1. The second-order valence-corrected chi connectivity index (χ2v) is 9.58. The number of rotatable bonds is 7. The van der Waals surface area contributed by atoms with E-state index in [-0.39, 0.29) is 18.2 Å². The second-order valence-electron chi connectivity index (χ2n) is 9.58. The standard InChI is InChI=1S/C23H35NO6/c1-14(10-20(26)27)21(28)24-12-17(23(6,13-24)15(2)25)16-8-9-18(29-7)19(11-16)30-22(3,4)5/h8-9,11,14-15,17,25H,10,12-13H2,1-7H3,(H,26,27)/t14-,15+,17-,23-/m0/s1. The molecule has 0 aliphatic carbocycles. The summed E-state index contributed by atoms with van der Waals surface area (Å²) in [4.78, 5) is 25.6. The highest BCUT2D eigenvalue weighted by atomic mass is 16.5. The molecule has 0 spiro atoms. The summed E-state index contributed by atoms with van der Waals surface area (Å²) in [5, 5.41) is 19.6. The summed E-state index contributed by atoms with van der Waals surface area (Å²) in [6.07, 6.45) is -0.874. The molecule has 0 unspecified atom stereocenters. The molecule has 7 heteroatoms. The van der Waals surface area contributed by atoms with Gasteiger partial charge in [0.05, 0.1) is 19.6 Å². The van der Waals surface area contributed by atoms with Crippen molar-refractivity contribution in [1.29, 1.82) is 0 Å². The van der Waals surface area contributed by atoms with E-state index in [0.717, 1.165) is 5.56 Å². The molecule has 1 amide bonds. The van der Waals surface area contributed by atoms with E-state index in [1.54, 1.807) is 25.9 Å². The first-order valence-electron chi connectivity index (χ1n) is 10.3. The first-order valence-corrected chi connectivity index (χ1v) is 10.3. The fraction of sp³-hybridized carbons (Fsp3) is 0.652. The summed E-state index contributed by atoms with van der Waals surface area (Å²) in [6, 6.07) is 5.70. The lowest BCUT2D eigenvalue weighted by Crippen LogP contribution is -2.39. The topological polar surface area (TPSA) is 96.3 Å². The summed E-state index contributed by atoms with van der Waals surface area (Å²) in [5.74, 6) is -0.717. The molecule has 0 saturated carbocycles. The minimum atomic E-state index is -0.996. The van der Waals surface area contributed by atoms with Crippen LogP contribution < -0.4 is 9.47 Å². The van der Waals surface area contributed by atoms with Gasteiger partial charge in [-0.3, -0.25) is 9.59 Å². The number of aliphatic carboxylic acids is 1. The van der Waals surface area contributed by atoms with Gasteiger partial charge in [0.25, 0.3) is 0 Å². The fourth-order valence-corrected chi connectivity index (χ4v) is 4.07. The van der Waals surface area contributed by atoms with Crippen LogP contribution in [0.1, 0.15) is 59.4 Å². The van der Waals surface area contributed by atoms with Gasteiger partial charge in [-0.2, -0.15) is 0 Å². The van der Waals surface area contributed by atoms with Crippen LogP contribution in [-0.4, -0.2) is 58.9 Å². The molecule has 2 rings (SSSR count). The van der Waals surface area contributed by atoms with Crippen LogP contribution in [0.5, 0.6) is 11.5 Å². The van der Waals surface area contributed by atoms with E-state index in [1.165, 1.54) is 0 Å². The van der Waals surface area contributed by atoms with Crippen LogP contribution in [0.4, 0.5) is 0 Å². The molecule has 30 heavy (non-hydrogen) atoms. The first-order chi connectivity index (χ1) is 13.8. The third kappa shape index (κ3) is 5.25. The number of carboxylic acid groups (broad SMARTS) is 1. The maximum Gasteiger partial charge on any atom is 0.304 e. The summed E-state index contributed by atoms with van der Waals surface area (Å²) < 4.78 is 11.5. The van der Waals surface area contributed by atoms with E-state index in [0.29, 0.717) is 24.6 Å². The number of methoxy groups -OCH3 is 1. The van der Waals surface area contributed by atoms with Crippen molar-refractivity contribution in [2.24, 2.45) is 11.3 Å². The summed E-state index contributed by atoms with van der Waals surface area (Å²) in [5.41, 5.74) is -0.0464. The van der Waals surface area contributed by atoms with Gasteiger partial charge in [-0.25, -0.2) is 0 Å². The SMILES string of the molecule is COc1ccc([C@@H]2CN(C(=O)[C@@H](C)CC(=O)O)C[C@@]2(C)[C@@H](C)O)cc1OC(C)(C)C. The zero-order valence-corrected chi connectivity index (χ0v) is 19.1. The summed E-state index contributed by atoms with van der Waals surface area (Å²) in [7, 11) is 1.59. The zero-order chi connectivity index (χ0) is 22.9. The lowest BCUT2D eigenvalue weighted by molar-refractivity contribution is -0.143. The predicted octanol–water partition coefficient (Wildman–Crippen LogP) is 3.30. The van der Waals surface area contributed by atoms with Crippen molar-refractivity contribution in [3.63, 3.8) is 0 Å². The second kappa shape index (κ2) is 8.84. The maximum atomic E-state index is 12.9. The Morgan fingerprint density at radius 2 is 1.90 bits per heavy atom. The Morgan fingerprint density at radius 3 is 2.40 bits per heavy atom. The van der Waals surface area contributed by atoms with Gasteiger partial charge in [-0.15, -0.1) is 0 Å². The Kier molecular flexibility index (Phi) is 7.07. The number of likely N-dealkylation sites (tertiary alicyclic amines) is 1. The van der Waals surface area contributed by atoms with E-state index in [9.17, 15) is 14.7 Å². The minimum absolute atomic E-state index is 0.133. The monoisotopic (exact) mass is 421 g/mol. The van der Waals surface area contributed by atoms with Gasteiger partial charge in [0.1, 0.15) is 5.60 Å². The van der Waals surface area contributed by atoms with Crippen molar-refractivity contribution in [2.75, 3.05) is 20.2 Å². The molecule has 1 aliphatic heterocycles. The normalized spacial score (nSPS) is 23.7. The number of nitrogens with zero attached hydrogens (tertiary/aromatic N) is 1. The third-order valence-corrected chi connectivity index (χ3v) is 5.91. The number of ether oxygens (including phenoxy) is 2. The highest BCUT2D eigenvalue weighted by Crippen LogP contribution is 2.47. The van der Waals surface area contributed by atoms with Crippen molar-refractivity contribution in [3.05, 3.63) is 23.8 Å². The molecule has 1 saturated heterocycles. The number of carbonyl (C=O) groups excluding carboxylic acids is 1. The van der Waals surface area contributed by atoms with Crippen LogP contribution in [-0.2, 0) is 9.59 Å². The molecule has 1 aromatic rings. The Morgan fingerprint density at radius 1 is 1.27 bits per heavy atom. The molecule has 1 aromatic carbocycles. The lowest BCUT2D eigenvalue weighted by atomic mass is 9.72. The Hall–Kier alpha value is -2.28. The first kappa shape index (κ1) is 24.0. The average Bonchev–Trinajstić information content (AvgIpc) is 2.98. The average molecular weight is 422 g/mol. The van der Waals surface area contributed by atoms with E-state index in [2.05, 4.69) is 0 Å². The van der Waals surface area contributed by atoms with Gasteiger partial charge in [0.2, 0.25) is 5.91 Å². The predicted molar refractivity (Wildman–Crippen MR) is 114 cm³/mol. The zero-order valence-electron chi connectivity index (χ0n) is 19.1. The molecular weight excluding hydrogens is 386 g/mol. The molecule has 0 bridgehead atoms. The van der Waals surface area contributed by atoms with Crippen LogP contribution in [0.25, 0.3) is 0 Å². The Labute approximate surface area is 179 Å². The molecule has 168 valence electrons. The van der Waals surface area contributed by atoms with Crippen LogP contribution in [0.3, 0.4) is 0 Å². The van der Waals surface area contributed by atoms with Crippen LogP contribution >= 0.6 is 0 Å². The molecular formula is C23H35NO6. The van der Waals surface area contributed by atoms with Gasteiger partial charge in [-0.1, -0.05) is 19.9 Å². The molecule has 7 nitrogen and oxygen atoms in total. The molecule has 4 atom stereocenters. The van der Waals surface area contributed by atoms with E-state index < -0.39 is 29.0 Å². The highest BCUT2D eigenvalue weighted by molar-refractivity contribution is 5.83. The Balaban J connectivity index is 2.39. The molecule has 1 aliphatic rings. The molecule has 0 aromatic heterocycles. The van der Waals surface area contributed by atoms with Crippen molar-refractivity contribution in [2.45, 2.75) is 65.6 Å². The lowest BCUT2D eigenvalue weighted by Gasteiger charge is -2.34. The van der Waals surface area contributed by atoms with Gasteiger partial charge in [0, 0.05) is 30.3 Å². The van der Waals surface area contributed by atoms with E-state index >= 15 is 0 Å². The van der Waals surface area contributed by atoms with Crippen molar-refractivity contribution in [1.82, 2.24) is 4.90 Å². The highest BCUT2D eigenvalue weighted by Gasteiger charge is 2.49. The van der Waals surface area contributed by atoms with E-state index in [4.69, 9.17) is 14.6 Å². The summed E-state index contributed by atoms with van der Waals surface area (Å²) >= 11 is 0. The molecule has 1 fully saturated rings. The van der Waals surface area contributed by atoms with Crippen molar-refractivity contribution in [3.8, 4) is 11.5 Å². The van der Waals surface area contributed by atoms with Gasteiger partial charge >= 0.3 is 5.97 Å². The fourth-order valence-electron chi connectivity index (χ4n) is 4.07. The number of benzene rings is 1. The van der Waals surface area contributed by atoms with Gasteiger partial charge < -0.3 is 24.6 Å². The van der Waals surface area contributed by atoms with Gasteiger partial charge in [0.15, 0.2) is 11.5 Å². The minimum Gasteiger partial charge on any atom is -0.493 e. The molecule has 1 heterocycles. The number of aliphatic hydroxyl groups is 1. The summed E-state index contributed by atoms with van der Waals surface area (Å²) in [6.45, 7) is 12.0. The number of aliphatic hydroxyl groups excluding tert-OH is 1. The largest absolute Gasteiger partial charge is 0.493 e. The quantitative estimate of drug-likeness (QED) is 0.701. The number of carbonyl (C=O) groups is 2. The number of hydrogen-bond donors (Lipinski definition) is 2. The maximum absolute atomic E-state index is 12.9. The van der Waals surface area contributed by atoms with Crippen LogP contribution in [0, 0.1) is 11.3 Å². The third-order valence-electron chi connectivity index (χ3n) is 5.91. The molecule has 0 radical (unpaired) electrons. The van der Waals surface area contributed by atoms with E-state index in [1.807, 2.05) is 45.9 Å². The molecule has 2 N–H and O–H groups in total. The Bertz CT molecular complexity index is 784. The van der Waals surface area contributed by atoms with Crippen LogP contribution in [0.2, 0.25) is 0 Å². The smallest absolute Gasteiger partial charge is 0.304 e.